The number of hydrogen-bond donors (Lipinski definition) is 1. The van der Waals surface area contributed by atoms with Crippen LogP contribution in [0.2, 0.25) is 0 Å². The molecule has 0 aliphatic heterocycles. The lowest BCUT2D eigenvalue weighted by molar-refractivity contribution is -0.0326. The molecule has 0 amide bonds. The first-order valence-electron chi connectivity index (χ1n) is 4.57. The van der Waals surface area contributed by atoms with E-state index in [1.165, 1.54) is 0 Å². The van der Waals surface area contributed by atoms with Crippen LogP contribution in [-0.4, -0.2) is 25.6 Å². The van der Waals surface area contributed by atoms with Crippen molar-refractivity contribution in [2.24, 2.45) is 0 Å². The van der Waals surface area contributed by atoms with Crippen LogP contribution in [0.1, 0.15) is 32.6 Å². The SMILES string of the molecule is CNC1(C)CCC(OCF)CC1. The van der Waals surface area contributed by atoms with Gasteiger partial charge in [0.05, 0.1) is 6.10 Å². The Bertz CT molecular complexity index is 132. The van der Waals surface area contributed by atoms with Crippen LogP contribution < -0.4 is 5.32 Å². The van der Waals surface area contributed by atoms with E-state index in [9.17, 15) is 4.39 Å². The first-order chi connectivity index (χ1) is 5.70. The summed E-state index contributed by atoms with van der Waals surface area (Å²) in [5, 5.41) is 3.29. The number of alkyl halides is 1. The first-order valence-corrected chi connectivity index (χ1v) is 4.57. The van der Waals surface area contributed by atoms with Crippen molar-refractivity contribution in [1.82, 2.24) is 5.32 Å². The van der Waals surface area contributed by atoms with Gasteiger partial charge in [0.25, 0.3) is 0 Å². The predicted octanol–water partition coefficient (Wildman–Crippen LogP) is 1.85. The molecule has 1 saturated carbocycles. The van der Waals surface area contributed by atoms with E-state index in [1.54, 1.807) is 0 Å². The van der Waals surface area contributed by atoms with Crippen molar-refractivity contribution in [3.05, 3.63) is 0 Å². The Morgan fingerprint density at radius 2 is 2.08 bits per heavy atom. The molecule has 72 valence electrons. The molecule has 0 aromatic heterocycles. The van der Waals surface area contributed by atoms with Crippen molar-refractivity contribution in [1.29, 1.82) is 0 Å². The Morgan fingerprint density at radius 3 is 2.50 bits per heavy atom. The molecule has 0 bridgehead atoms. The van der Waals surface area contributed by atoms with E-state index < -0.39 is 6.86 Å². The summed E-state index contributed by atoms with van der Waals surface area (Å²) < 4.78 is 16.7. The van der Waals surface area contributed by atoms with E-state index in [4.69, 9.17) is 4.74 Å². The second kappa shape index (κ2) is 4.19. The summed E-state index contributed by atoms with van der Waals surface area (Å²) in [6, 6.07) is 0. The van der Waals surface area contributed by atoms with E-state index in [0.29, 0.717) is 0 Å². The van der Waals surface area contributed by atoms with Crippen molar-refractivity contribution in [2.75, 3.05) is 13.9 Å². The van der Waals surface area contributed by atoms with Gasteiger partial charge in [0.2, 0.25) is 0 Å². The summed E-state index contributed by atoms with van der Waals surface area (Å²) in [6.07, 6.45) is 4.25. The Hall–Kier alpha value is -0.150. The summed E-state index contributed by atoms with van der Waals surface area (Å²) in [5.74, 6) is 0. The van der Waals surface area contributed by atoms with Gasteiger partial charge in [-0.05, 0) is 39.7 Å². The van der Waals surface area contributed by atoms with Gasteiger partial charge >= 0.3 is 0 Å². The lowest BCUT2D eigenvalue weighted by atomic mass is 9.82. The third-order valence-corrected chi connectivity index (χ3v) is 2.94. The molecule has 0 spiro atoms. The fourth-order valence-electron chi connectivity index (χ4n) is 1.73. The summed E-state index contributed by atoms with van der Waals surface area (Å²) in [6.45, 7) is 1.57. The molecule has 1 aliphatic rings. The fourth-order valence-corrected chi connectivity index (χ4v) is 1.73. The van der Waals surface area contributed by atoms with Crippen LogP contribution in [0.15, 0.2) is 0 Å². The zero-order valence-corrected chi connectivity index (χ0v) is 7.90. The number of halogens is 1. The van der Waals surface area contributed by atoms with Gasteiger partial charge in [0.1, 0.15) is 0 Å². The van der Waals surface area contributed by atoms with E-state index in [2.05, 4.69) is 12.2 Å². The van der Waals surface area contributed by atoms with Gasteiger partial charge in [-0.15, -0.1) is 0 Å². The minimum atomic E-state index is -0.638. The lowest BCUT2D eigenvalue weighted by Crippen LogP contribution is -2.44. The maximum absolute atomic E-state index is 11.8. The minimum Gasteiger partial charge on any atom is -0.347 e. The molecular formula is C9H18FNO. The standard InChI is InChI=1S/C9H18FNO/c1-9(11-2)5-3-8(4-6-9)12-7-10/h8,11H,3-7H2,1-2H3. The first kappa shape index (κ1) is 9.93. The molecule has 0 atom stereocenters. The Morgan fingerprint density at radius 1 is 1.50 bits per heavy atom. The average molecular weight is 175 g/mol. The quantitative estimate of drug-likeness (QED) is 0.706. The molecule has 0 aromatic carbocycles. The molecule has 0 unspecified atom stereocenters. The van der Waals surface area contributed by atoms with Crippen molar-refractivity contribution in [2.45, 2.75) is 44.2 Å². The largest absolute Gasteiger partial charge is 0.347 e. The van der Waals surface area contributed by atoms with Gasteiger partial charge in [-0.3, -0.25) is 0 Å². The topological polar surface area (TPSA) is 21.3 Å². The maximum atomic E-state index is 11.8. The number of ether oxygens (including phenoxy) is 1. The van der Waals surface area contributed by atoms with Crippen LogP contribution in [0.5, 0.6) is 0 Å². The zero-order valence-electron chi connectivity index (χ0n) is 7.90. The molecule has 1 aliphatic carbocycles. The normalized spacial score (nSPS) is 36.8. The van der Waals surface area contributed by atoms with Gasteiger partial charge in [-0.1, -0.05) is 0 Å². The Labute approximate surface area is 73.5 Å². The lowest BCUT2D eigenvalue weighted by Gasteiger charge is -2.36. The fraction of sp³-hybridized carbons (Fsp3) is 1.00. The van der Waals surface area contributed by atoms with Crippen LogP contribution in [0.4, 0.5) is 4.39 Å². The Kier molecular flexibility index (Phi) is 3.47. The number of nitrogens with one attached hydrogen (secondary N) is 1. The second-order valence-electron chi connectivity index (χ2n) is 3.79. The highest BCUT2D eigenvalue weighted by molar-refractivity contribution is 4.87. The molecular weight excluding hydrogens is 157 g/mol. The number of hydrogen-bond acceptors (Lipinski definition) is 2. The molecule has 0 aromatic rings. The molecule has 0 saturated heterocycles. The van der Waals surface area contributed by atoms with Gasteiger partial charge in [0, 0.05) is 5.54 Å². The summed E-state index contributed by atoms with van der Waals surface area (Å²) in [4.78, 5) is 0. The van der Waals surface area contributed by atoms with E-state index in [-0.39, 0.29) is 11.6 Å². The van der Waals surface area contributed by atoms with Gasteiger partial charge in [0.15, 0.2) is 6.86 Å². The van der Waals surface area contributed by atoms with Crippen LogP contribution in [0.25, 0.3) is 0 Å². The average Bonchev–Trinajstić information content (AvgIpc) is 2.10. The van der Waals surface area contributed by atoms with Crippen molar-refractivity contribution < 1.29 is 9.13 Å². The zero-order chi connectivity index (χ0) is 9.03. The van der Waals surface area contributed by atoms with Gasteiger partial charge in [-0.25, -0.2) is 4.39 Å². The second-order valence-corrected chi connectivity index (χ2v) is 3.79. The molecule has 12 heavy (non-hydrogen) atoms. The van der Waals surface area contributed by atoms with Crippen LogP contribution in [-0.2, 0) is 4.74 Å². The summed E-state index contributed by atoms with van der Waals surface area (Å²) >= 11 is 0. The van der Waals surface area contributed by atoms with Crippen molar-refractivity contribution in [3.63, 3.8) is 0 Å². The van der Waals surface area contributed by atoms with E-state index >= 15 is 0 Å². The van der Waals surface area contributed by atoms with E-state index in [1.807, 2.05) is 7.05 Å². The highest BCUT2D eigenvalue weighted by Gasteiger charge is 2.29. The van der Waals surface area contributed by atoms with Crippen LogP contribution >= 0.6 is 0 Å². The predicted molar refractivity (Wildman–Crippen MR) is 46.8 cm³/mol. The maximum Gasteiger partial charge on any atom is 0.188 e. The van der Waals surface area contributed by atoms with Crippen LogP contribution in [0.3, 0.4) is 0 Å². The smallest absolute Gasteiger partial charge is 0.188 e. The molecule has 0 heterocycles. The van der Waals surface area contributed by atoms with Crippen LogP contribution in [0, 0.1) is 0 Å². The molecule has 1 rings (SSSR count). The monoisotopic (exact) mass is 175 g/mol. The van der Waals surface area contributed by atoms with E-state index in [0.717, 1.165) is 25.7 Å². The van der Waals surface area contributed by atoms with Crippen molar-refractivity contribution in [3.8, 4) is 0 Å². The van der Waals surface area contributed by atoms with Gasteiger partial charge in [-0.2, -0.15) is 0 Å². The molecule has 3 heteroatoms. The molecule has 1 fully saturated rings. The summed E-state index contributed by atoms with van der Waals surface area (Å²) in [5.41, 5.74) is 0.246. The van der Waals surface area contributed by atoms with Gasteiger partial charge < -0.3 is 10.1 Å². The third-order valence-electron chi connectivity index (χ3n) is 2.94. The highest BCUT2D eigenvalue weighted by atomic mass is 19.1. The highest BCUT2D eigenvalue weighted by Crippen LogP contribution is 2.29. The number of rotatable bonds is 3. The third kappa shape index (κ3) is 2.42. The van der Waals surface area contributed by atoms with Crippen molar-refractivity contribution >= 4 is 0 Å². The molecule has 1 N–H and O–H groups in total. The Balaban J connectivity index is 2.29. The molecule has 2 nitrogen and oxygen atoms in total. The molecule has 0 radical (unpaired) electrons. The minimum absolute atomic E-state index is 0.149. The summed E-state index contributed by atoms with van der Waals surface area (Å²) in [7, 11) is 1.98.